The van der Waals surface area contributed by atoms with E-state index >= 15 is 0 Å². The van der Waals surface area contributed by atoms with Crippen LogP contribution in [0.3, 0.4) is 0 Å². The van der Waals surface area contributed by atoms with E-state index in [1.807, 2.05) is 67.1 Å². The molecule has 0 radical (unpaired) electrons. The van der Waals surface area contributed by atoms with E-state index in [-0.39, 0.29) is 30.5 Å². The minimum absolute atomic E-state index is 0.0629. The molecule has 0 aliphatic heterocycles. The zero-order valence-corrected chi connectivity index (χ0v) is 16.9. The van der Waals surface area contributed by atoms with Gasteiger partial charge in [0, 0.05) is 43.7 Å². The second-order valence-electron chi connectivity index (χ2n) is 7.09. The van der Waals surface area contributed by atoms with Crippen molar-refractivity contribution in [1.29, 1.82) is 0 Å². The van der Waals surface area contributed by atoms with Crippen molar-refractivity contribution in [3.8, 4) is 0 Å². The van der Waals surface area contributed by atoms with E-state index in [1.54, 1.807) is 15.3 Å². The first-order chi connectivity index (χ1) is 14.5. The molecule has 0 atom stereocenters. The Morgan fingerprint density at radius 1 is 0.900 bits per heavy atom. The van der Waals surface area contributed by atoms with Gasteiger partial charge in [-0.25, -0.2) is 4.79 Å². The third-order valence-electron chi connectivity index (χ3n) is 5.26. The summed E-state index contributed by atoms with van der Waals surface area (Å²) in [5.41, 5.74) is 7.81. The first-order valence-corrected chi connectivity index (χ1v) is 9.82. The van der Waals surface area contributed by atoms with Crippen molar-refractivity contribution < 1.29 is 9.59 Å². The Bertz CT molecular complexity index is 1310. The van der Waals surface area contributed by atoms with Crippen LogP contribution in [0, 0.1) is 0 Å². The maximum atomic E-state index is 12.6. The first-order valence-electron chi connectivity index (χ1n) is 9.82. The predicted octanol–water partition coefficient (Wildman–Crippen LogP) is 2.17. The molecule has 2 N–H and O–H groups in total. The number of benzene rings is 2. The number of aryl methyl sites for hydroxylation is 3. The Morgan fingerprint density at radius 2 is 1.53 bits per heavy atom. The number of carbonyl (C=O) groups excluding carboxylic acids is 2. The van der Waals surface area contributed by atoms with Gasteiger partial charge in [-0.05, 0) is 25.1 Å². The van der Waals surface area contributed by atoms with Gasteiger partial charge in [0.25, 0.3) is 5.91 Å². The van der Waals surface area contributed by atoms with E-state index in [0.29, 0.717) is 12.1 Å². The van der Waals surface area contributed by atoms with E-state index in [4.69, 9.17) is 0 Å². The summed E-state index contributed by atoms with van der Waals surface area (Å²) in [6.45, 7) is 2.69. The van der Waals surface area contributed by atoms with E-state index in [0.717, 1.165) is 21.9 Å². The van der Waals surface area contributed by atoms with Gasteiger partial charge in [-0.15, -0.1) is 0 Å². The number of fused-ring (bicyclic) bond motifs is 2. The van der Waals surface area contributed by atoms with Gasteiger partial charge >= 0.3 is 5.69 Å². The average Bonchev–Trinajstić information content (AvgIpc) is 3.24. The highest BCUT2D eigenvalue weighted by molar-refractivity contribution is 6.07. The normalized spacial score (nSPS) is 11.1. The molecule has 2 amide bonds. The van der Waals surface area contributed by atoms with Crippen molar-refractivity contribution in [1.82, 2.24) is 24.6 Å². The van der Waals surface area contributed by atoms with Gasteiger partial charge in [0.2, 0.25) is 5.91 Å². The fourth-order valence-corrected chi connectivity index (χ4v) is 3.79. The van der Waals surface area contributed by atoms with Crippen LogP contribution in [0.1, 0.15) is 23.7 Å². The fourth-order valence-electron chi connectivity index (χ4n) is 3.79. The molecule has 0 spiro atoms. The molecule has 0 unspecified atom stereocenters. The topological polar surface area (TPSA) is 90.1 Å². The van der Waals surface area contributed by atoms with E-state index < -0.39 is 0 Å². The monoisotopic (exact) mass is 405 g/mol. The van der Waals surface area contributed by atoms with Gasteiger partial charge in [0.1, 0.15) is 0 Å². The maximum absolute atomic E-state index is 12.6. The van der Waals surface area contributed by atoms with Crippen LogP contribution >= 0.6 is 0 Å². The van der Waals surface area contributed by atoms with Crippen molar-refractivity contribution in [3.63, 3.8) is 0 Å². The van der Waals surface area contributed by atoms with Crippen molar-refractivity contribution >= 4 is 33.8 Å². The lowest BCUT2D eigenvalue weighted by Crippen LogP contribution is -2.42. The molecule has 0 saturated heterocycles. The Morgan fingerprint density at radius 3 is 2.23 bits per heavy atom. The number of nitrogens with one attached hydrogen (secondary N) is 2. The second-order valence-corrected chi connectivity index (χ2v) is 7.09. The standard InChI is InChI=1S/C22H23N5O3/c1-3-26-18-10-6-7-11-19(18)27(22(26)30)13-12-20(28)23-24-21(29)16-14-25(2)17-9-5-4-8-15(16)17/h4-11,14H,3,12-13H2,1-2H3,(H,23,28)(H,24,29). The number of nitrogens with zero attached hydrogens (tertiary/aromatic N) is 3. The van der Waals surface area contributed by atoms with Crippen LogP contribution in [0.25, 0.3) is 21.9 Å². The van der Waals surface area contributed by atoms with Gasteiger partial charge in [-0.2, -0.15) is 0 Å². The number of amides is 2. The number of para-hydroxylation sites is 3. The summed E-state index contributed by atoms with van der Waals surface area (Å²) in [6, 6.07) is 15.1. The highest BCUT2D eigenvalue weighted by atomic mass is 16.2. The van der Waals surface area contributed by atoms with Crippen molar-refractivity contribution in [2.45, 2.75) is 26.4 Å². The summed E-state index contributed by atoms with van der Waals surface area (Å²) in [5, 5.41) is 0.811. The summed E-state index contributed by atoms with van der Waals surface area (Å²) in [7, 11) is 1.86. The molecule has 8 heteroatoms. The minimum Gasteiger partial charge on any atom is -0.350 e. The van der Waals surface area contributed by atoms with Gasteiger partial charge in [0.15, 0.2) is 0 Å². The number of hydrazine groups is 1. The number of carbonyl (C=O) groups is 2. The molecule has 0 aliphatic rings. The molecule has 2 aromatic heterocycles. The van der Waals surface area contributed by atoms with Crippen LogP contribution in [-0.2, 0) is 24.9 Å². The number of hydrogen-bond acceptors (Lipinski definition) is 3. The Hall–Kier alpha value is -3.81. The predicted molar refractivity (Wildman–Crippen MR) is 115 cm³/mol. The molecular weight excluding hydrogens is 382 g/mol. The Balaban J connectivity index is 1.42. The summed E-state index contributed by atoms with van der Waals surface area (Å²) >= 11 is 0. The molecule has 4 aromatic rings. The van der Waals surface area contributed by atoms with Gasteiger partial charge in [-0.1, -0.05) is 30.3 Å². The van der Waals surface area contributed by atoms with Gasteiger partial charge in [-0.3, -0.25) is 29.6 Å². The highest BCUT2D eigenvalue weighted by Crippen LogP contribution is 2.19. The number of rotatable bonds is 5. The molecule has 30 heavy (non-hydrogen) atoms. The Kier molecular flexibility index (Phi) is 5.14. The lowest BCUT2D eigenvalue weighted by atomic mass is 10.2. The smallest absolute Gasteiger partial charge is 0.329 e. The third-order valence-corrected chi connectivity index (χ3v) is 5.26. The summed E-state index contributed by atoms with van der Waals surface area (Å²) in [6.07, 6.45) is 1.79. The maximum Gasteiger partial charge on any atom is 0.329 e. The van der Waals surface area contributed by atoms with E-state index in [2.05, 4.69) is 10.9 Å². The SMILES string of the molecule is CCn1c(=O)n(CCC(=O)NNC(=O)c2cn(C)c3ccccc23)c2ccccc21. The molecule has 4 rings (SSSR count). The highest BCUT2D eigenvalue weighted by Gasteiger charge is 2.15. The van der Waals surface area contributed by atoms with Crippen molar-refractivity contribution in [2.24, 2.45) is 7.05 Å². The summed E-state index contributed by atoms with van der Waals surface area (Å²) < 4.78 is 5.13. The molecule has 2 aromatic carbocycles. The zero-order chi connectivity index (χ0) is 21.3. The van der Waals surface area contributed by atoms with Crippen LogP contribution in [0.15, 0.2) is 59.5 Å². The second kappa shape index (κ2) is 7.90. The van der Waals surface area contributed by atoms with Gasteiger partial charge < -0.3 is 4.57 Å². The largest absolute Gasteiger partial charge is 0.350 e. The Labute approximate surface area is 172 Å². The minimum atomic E-state index is -0.389. The molecule has 0 fully saturated rings. The molecule has 0 aliphatic carbocycles. The average molecular weight is 405 g/mol. The first kappa shape index (κ1) is 19.5. The molecule has 154 valence electrons. The van der Waals surface area contributed by atoms with Crippen LogP contribution in [0.5, 0.6) is 0 Å². The molecule has 0 saturated carbocycles. The van der Waals surface area contributed by atoms with Crippen LogP contribution in [0.4, 0.5) is 0 Å². The fraction of sp³-hybridized carbons (Fsp3) is 0.227. The van der Waals surface area contributed by atoms with Crippen molar-refractivity contribution in [3.05, 3.63) is 70.8 Å². The van der Waals surface area contributed by atoms with E-state index in [1.165, 1.54) is 0 Å². The molecule has 8 nitrogen and oxygen atoms in total. The van der Waals surface area contributed by atoms with Crippen LogP contribution in [0.2, 0.25) is 0 Å². The van der Waals surface area contributed by atoms with Gasteiger partial charge in [0.05, 0.1) is 16.6 Å². The van der Waals surface area contributed by atoms with E-state index in [9.17, 15) is 14.4 Å². The number of aromatic nitrogens is 3. The number of imidazole rings is 1. The molecular formula is C22H23N5O3. The molecule has 2 heterocycles. The van der Waals surface area contributed by atoms with Crippen LogP contribution < -0.4 is 16.5 Å². The third kappa shape index (κ3) is 3.36. The lowest BCUT2D eigenvalue weighted by molar-refractivity contribution is -0.122. The van der Waals surface area contributed by atoms with Crippen molar-refractivity contribution in [2.75, 3.05) is 0 Å². The summed E-state index contributed by atoms with van der Waals surface area (Å²) in [5.74, 6) is -0.760. The summed E-state index contributed by atoms with van der Waals surface area (Å²) in [4.78, 5) is 37.4. The quantitative estimate of drug-likeness (QED) is 0.499. The zero-order valence-electron chi connectivity index (χ0n) is 16.9. The van der Waals surface area contributed by atoms with Crippen LogP contribution in [-0.4, -0.2) is 25.5 Å². The number of hydrogen-bond donors (Lipinski definition) is 2. The lowest BCUT2D eigenvalue weighted by Gasteiger charge is -2.07. The molecule has 0 bridgehead atoms.